The van der Waals surface area contributed by atoms with Gasteiger partial charge in [-0.3, -0.25) is 4.79 Å². The molecule has 0 fully saturated rings. The van der Waals surface area contributed by atoms with Crippen LogP contribution in [0.15, 0.2) is 65.7 Å². The zero-order valence-electron chi connectivity index (χ0n) is 14.1. The summed E-state index contributed by atoms with van der Waals surface area (Å²) in [5.41, 5.74) is 1.71. The SMILES string of the molecule is CS(=O)(=O)c1cc(Cl)c(-c2ccccc2)cc1C(=O)Nc1ccc(Cl)nc1. The highest BCUT2D eigenvalue weighted by molar-refractivity contribution is 7.90. The number of pyridine rings is 1. The van der Waals surface area contributed by atoms with E-state index in [-0.39, 0.29) is 20.6 Å². The van der Waals surface area contributed by atoms with Crippen LogP contribution in [0.5, 0.6) is 0 Å². The Kier molecular flexibility index (Phi) is 5.51. The first-order chi connectivity index (χ1) is 12.8. The van der Waals surface area contributed by atoms with Gasteiger partial charge in [0.25, 0.3) is 5.91 Å². The van der Waals surface area contributed by atoms with Crippen molar-refractivity contribution in [2.24, 2.45) is 0 Å². The molecule has 0 aliphatic heterocycles. The van der Waals surface area contributed by atoms with Crippen molar-refractivity contribution in [3.63, 3.8) is 0 Å². The molecule has 1 amide bonds. The zero-order valence-corrected chi connectivity index (χ0v) is 16.4. The van der Waals surface area contributed by atoms with Crippen LogP contribution in [0.25, 0.3) is 11.1 Å². The van der Waals surface area contributed by atoms with Crippen molar-refractivity contribution in [1.29, 1.82) is 0 Å². The van der Waals surface area contributed by atoms with Crippen LogP contribution in [-0.2, 0) is 9.84 Å². The lowest BCUT2D eigenvalue weighted by molar-refractivity contribution is 0.102. The quantitative estimate of drug-likeness (QED) is 0.619. The van der Waals surface area contributed by atoms with E-state index in [1.54, 1.807) is 6.07 Å². The molecular weight excluding hydrogens is 407 g/mol. The molecule has 27 heavy (non-hydrogen) atoms. The minimum Gasteiger partial charge on any atom is -0.321 e. The standard InChI is InChI=1S/C19H14Cl2N2O3S/c1-27(25,26)17-10-16(20)14(12-5-3-2-4-6-12)9-15(17)19(24)23-13-7-8-18(21)22-11-13/h2-11H,1H3,(H,23,24). The molecule has 0 radical (unpaired) electrons. The molecule has 1 aromatic heterocycles. The van der Waals surface area contributed by atoms with Gasteiger partial charge in [-0.2, -0.15) is 0 Å². The smallest absolute Gasteiger partial charge is 0.257 e. The van der Waals surface area contributed by atoms with Crippen LogP contribution < -0.4 is 5.32 Å². The number of aromatic nitrogens is 1. The summed E-state index contributed by atoms with van der Waals surface area (Å²) in [6.45, 7) is 0. The summed E-state index contributed by atoms with van der Waals surface area (Å²) in [6.07, 6.45) is 2.41. The van der Waals surface area contributed by atoms with Gasteiger partial charge in [0.15, 0.2) is 9.84 Å². The number of anilines is 1. The zero-order chi connectivity index (χ0) is 19.6. The molecule has 0 unspecified atom stereocenters. The number of carbonyl (C=O) groups excluding carboxylic acids is 1. The van der Waals surface area contributed by atoms with Crippen LogP contribution >= 0.6 is 23.2 Å². The Morgan fingerprint density at radius 1 is 1.04 bits per heavy atom. The Balaban J connectivity index is 2.11. The lowest BCUT2D eigenvalue weighted by atomic mass is 10.0. The highest BCUT2D eigenvalue weighted by Gasteiger charge is 2.22. The summed E-state index contributed by atoms with van der Waals surface area (Å²) in [7, 11) is -3.68. The maximum absolute atomic E-state index is 12.8. The van der Waals surface area contributed by atoms with Crippen LogP contribution in [0.4, 0.5) is 5.69 Å². The first kappa shape index (κ1) is 19.4. The van der Waals surface area contributed by atoms with Crippen LogP contribution in [0.2, 0.25) is 10.2 Å². The molecule has 0 spiro atoms. The molecule has 8 heteroatoms. The van der Waals surface area contributed by atoms with Crippen molar-refractivity contribution in [1.82, 2.24) is 4.98 Å². The highest BCUT2D eigenvalue weighted by Crippen LogP contribution is 2.33. The highest BCUT2D eigenvalue weighted by atomic mass is 35.5. The van der Waals surface area contributed by atoms with Crippen molar-refractivity contribution in [2.75, 3.05) is 11.6 Å². The van der Waals surface area contributed by atoms with Crippen molar-refractivity contribution in [2.45, 2.75) is 4.90 Å². The second kappa shape index (κ2) is 7.68. The predicted octanol–water partition coefficient (Wildman–Crippen LogP) is 4.71. The fourth-order valence-electron chi connectivity index (χ4n) is 2.53. The van der Waals surface area contributed by atoms with Crippen LogP contribution in [0, 0.1) is 0 Å². The first-order valence-electron chi connectivity index (χ1n) is 7.77. The number of hydrogen-bond acceptors (Lipinski definition) is 4. The van der Waals surface area contributed by atoms with Gasteiger partial charge in [-0.1, -0.05) is 53.5 Å². The molecule has 3 aromatic rings. The molecule has 2 aromatic carbocycles. The van der Waals surface area contributed by atoms with E-state index in [4.69, 9.17) is 23.2 Å². The number of nitrogens with zero attached hydrogens (tertiary/aromatic N) is 1. The summed E-state index contributed by atoms with van der Waals surface area (Å²) in [5, 5.41) is 3.15. The van der Waals surface area contributed by atoms with E-state index in [1.807, 2.05) is 30.3 Å². The third-order valence-corrected chi connectivity index (χ3v) is 5.46. The maximum Gasteiger partial charge on any atom is 0.257 e. The number of benzene rings is 2. The number of carbonyl (C=O) groups is 1. The lowest BCUT2D eigenvalue weighted by Crippen LogP contribution is -2.16. The van der Waals surface area contributed by atoms with Crippen molar-refractivity contribution in [3.05, 3.63) is 76.5 Å². The topological polar surface area (TPSA) is 76.1 Å². The summed E-state index contributed by atoms with van der Waals surface area (Å²) < 4.78 is 24.4. The van der Waals surface area contributed by atoms with E-state index in [0.29, 0.717) is 11.3 Å². The van der Waals surface area contributed by atoms with Crippen molar-refractivity contribution >= 4 is 44.6 Å². The molecule has 1 heterocycles. The fourth-order valence-corrected chi connectivity index (χ4v) is 3.86. The summed E-state index contributed by atoms with van der Waals surface area (Å²) in [5.74, 6) is -0.589. The molecule has 138 valence electrons. The molecule has 0 saturated heterocycles. The average Bonchev–Trinajstić information content (AvgIpc) is 2.63. The van der Waals surface area contributed by atoms with Crippen molar-refractivity contribution < 1.29 is 13.2 Å². The normalized spacial score (nSPS) is 11.2. The third kappa shape index (κ3) is 4.47. The average molecular weight is 421 g/mol. The summed E-state index contributed by atoms with van der Waals surface area (Å²) >= 11 is 12.0. The number of halogens is 2. The lowest BCUT2D eigenvalue weighted by Gasteiger charge is -2.13. The Bertz CT molecular complexity index is 1100. The van der Waals surface area contributed by atoms with Gasteiger partial charge < -0.3 is 5.32 Å². The molecule has 3 rings (SSSR count). The van der Waals surface area contributed by atoms with Gasteiger partial charge in [0.1, 0.15) is 5.15 Å². The summed E-state index contributed by atoms with van der Waals surface area (Å²) in [6, 6.07) is 15.0. The fraction of sp³-hybridized carbons (Fsp3) is 0.0526. The minimum atomic E-state index is -3.68. The third-order valence-electron chi connectivity index (χ3n) is 3.78. The number of nitrogens with one attached hydrogen (secondary N) is 1. The molecule has 1 N–H and O–H groups in total. The molecular formula is C19H14Cl2N2O3S. The molecule has 0 atom stereocenters. The Morgan fingerprint density at radius 3 is 2.33 bits per heavy atom. The molecule has 0 bridgehead atoms. The summed E-state index contributed by atoms with van der Waals surface area (Å²) in [4.78, 5) is 16.5. The van der Waals surface area contributed by atoms with E-state index in [1.165, 1.54) is 24.4 Å². The van der Waals surface area contributed by atoms with Crippen LogP contribution in [-0.4, -0.2) is 25.6 Å². The van der Waals surface area contributed by atoms with Gasteiger partial charge in [0.05, 0.1) is 22.3 Å². The van der Waals surface area contributed by atoms with E-state index in [0.717, 1.165) is 11.8 Å². The number of rotatable bonds is 4. The van der Waals surface area contributed by atoms with E-state index >= 15 is 0 Å². The first-order valence-corrected chi connectivity index (χ1v) is 10.4. The van der Waals surface area contributed by atoms with Crippen molar-refractivity contribution in [3.8, 4) is 11.1 Å². The van der Waals surface area contributed by atoms with E-state index in [9.17, 15) is 13.2 Å². The number of amides is 1. The van der Waals surface area contributed by atoms with E-state index < -0.39 is 15.7 Å². The Morgan fingerprint density at radius 2 is 1.74 bits per heavy atom. The molecule has 0 saturated carbocycles. The maximum atomic E-state index is 12.8. The monoisotopic (exact) mass is 420 g/mol. The Labute approximate surface area is 166 Å². The molecule has 0 aliphatic carbocycles. The minimum absolute atomic E-state index is 0.00398. The van der Waals surface area contributed by atoms with Crippen LogP contribution in [0.1, 0.15) is 10.4 Å². The number of hydrogen-bond donors (Lipinski definition) is 1. The predicted molar refractivity (Wildman–Crippen MR) is 107 cm³/mol. The van der Waals surface area contributed by atoms with Gasteiger partial charge in [0, 0.05) is 16.8 Å². The second-order valence-corrected chi connectivity index (χ2v) is 8.57. The van der Waals surface area contributed by atoms with Gasteiger partial charge in [0.2, 0.25) is 0 Å². The van der Waals surface area contributed by atoms with Crippen LogP contribution in [0.3, 0.4) is 0 Å². The molecule has 5 nitrogen and oxygen atoms in total. The Hall–Kier alpha value is -2.41. The van der Waals surface area contributed by atoms with Gasteiger partial charge in [-0.15, -0.1) is 0 Å². The van der Waals surface area contributed by atoms with E-state index in [2.05, 4.69) is 10.3 Å². The van der Waals surface area contributed by atoms with Gasteiger partial charge in [-0.25, -0.2) is 13.4 Å². The van der Waals surface area contributed by atoms with Gasteiger partial charge >= 0.3 is 0 Å². The number of sulfone groups is 1. The largest absolute Gasteiger partial charge is 0.321 e. The second-order valence-electron chi connectivity index (χ2n) is 5.79. The molecule has 0 aliphatic rings. The van der Waals surface area contributed by atoms with Gasteiger partial charge in [-0.05, 0) is 29.8 Å².